The van der Waals surface area contributed by atoms with Crippen molar-refractivity contribution >= 4 is 5.96 Å². The summed E-state index contributed by atoms with van der Waals surface area (Å²) in [6, 6.07) is 9.85. The minimum atomic E-state index is 0.457. The zero-order valence-electron chi connectivity index (χ0n) is 15.3. The highest BCUT2D eigenvalue weighted by atomic mass is 16.5. The number of benzene rings is 1. The second-order valence-electron chi connectivity index (χ2n) is 6.10. The van der Waals surface area contributed by atoms with Crippen molar-refractivity contribution < 1.29 is 9.15 Å². The topological polar surface area (TPSA) is 71.7 Å². The number of nitrogens with one attached hydrogen (secondary N) is 2. The van der Waals surface area contributed by atoms with Crippen LogP contribution in [0.2, 0.25) is 0 Å². The molecule has 6 heteroatoms. The van der Waals surface area contributed by atoms with Gasteiger partial charge in [0, 0.05) is 25.3 Å². The second kappa shape index (κ2) is 10.5. The van der Waals surface area contributed by atoms with E-state index >= 15 is 0 Å². The first-order valence-corrected chi connectivity index (χ1v) is 8.78. The van der Waals surface area contributed by atoms with Gasteiger partial charge in [-0.05, 0) is 25.0 Å². The number of aliphatic imine (C=N–C) groups is 1. The largest absolute Gasteiger partial charge is 0.444 e. The lowest BCUT2D eigenvalue weighted by Gasteiger charge is -2.11. The fraction of sp³-hybridized carbons (Fsp3) is 0.474. The van der Waals surface area contributed by atoms with Crippen LogP contribution in [-0.2, 0) is 11.3 Å². The number of ether oxygens (including phenoxy) is 1. The first kappa shape index (κ1) is 19.0. The number of hydrogen-bond acceptors (Lipinski definition) is 4. The van der Waals surface area contributed by atoms with Crippen LogP contribution in [0.25, 0.3) is 11.5 Å². The molecule has 0 spiro atoms. The van der Waals surface area contributed by atoms with Crippen molar-refractivity contribution in [2.24, 2.45) is 10.9 Å². The molecule has 2 rings (SSSR count). The van der Waals surface area contributed by atoms with E-state index in [1.165, 1.54) is 0 Å². The van der Waals surface area contributed by atoms with Crippen LogP contribution in [0.4, 0.5) is 0 Å². The summed E-state index contributed by atoms with van der Waals surface area (Å²) in [6.45, 7) is 9.72. The maximum absolute atomic E-state index is 5.57. The summed E-state index contributed by atoms with van der Waals surface area (Å²) in [5.41, 5.74) is 1.76. The van der Waals surface area contributed by atoms with Crippen LogP contribution < -0.4 is 10.6 Å². The van der Waals surface area contributed by atoms with E-state index < -0.39 is 0 Å². The van der Waals surface area contributed by atoms with Crippen molar-refractivity contribution in [1.82, 2.24) is 15.6 Å². The average molecular weight is 344 g/mol. The van der Waals surface area contributed by atoms with E-state index in [4.69, 9.17) is 9.15 Å². The average Bonchev–Trinajstić information content (AvgIpc) is 3.09. The van der Waals surface area contributed by atoms with Crippen LogP contribution in [0.1, 0.15) is 26.5 Å². The lowest BCUT2D eigenvalue weighted by atomic mass is 10.2. The molecular formula is C19H28N4O2. The molecule has 0 amide bonds. The fourth-order valence-electron chi connectivity index (χ4n) is 2.16. The highest BCUT2D eigenvalue weighted by molar-refractivity contribution is 5.79. The molecule has 0 radical (unpaired) electrons. The number of hydrogen-bond donors (Lipinski definition) is 2. The third-order valence-corrected chi connectivity index (χ3v) is 3.31. The Labute approximate surface area is 149 Å². The summed E-state index contributed by atoms with van der Waals surface area (Å²) in [5.74, 6) is 1.92. The summed E-state index contributed by atoms with van der Waals surface area (Å²) < 4.78 is 11.1. The van der Waals surface area contributed by atoms with Crippen molar-refractivity contribution in [2.75, 3.05) is 26.3 Å². The van der Waals surface area contributed by atoms with Gasteiger partial charge in [0.15, 0.2) is 5.96 Å². The van der Waals surface area contributed by atoms with Crippen molar-refractivity contribution in [2.45, 2.75) is 27.3 Å². The van der Waals surface area contributed by atoms with E-state index in [0.29, 0.717) is 31.5 Å². The van der Waals surface area contributed by atoms with Crippen LogP contribution in [0, 0.1) is 5.92 Å². The Kier molecular flexibility index (Phi) is 7.98. The fourth-order valence-corrected chi connectivity index (χ4v) is 2.16. The van der Waals surface area contributed by atoms with E-state index in [1.807, 2.05) is 37.3 Å². The van der Waals surface area contributed by atoms with Gasteiger partial charge in [0.2, 0.25) is 5.89 Å². The van der Waals surface area contributed by atoms with Gasteiger partial charge in [-0.15, -0.1) is 0 Å². The van der Waals surface area contributed by atoms with Crippen LogP contribution >= 0.6 is 0 Å². The standard InChI is InChI=1S/C19H28N4O2/c1-4-20-19(21-10-11-24-13-15(2)3)22-12-17-14-25-18(23-17)16-8-6-5-7-9-16/h5-9,14-15H,4,10-13H2,1-3H3,(H2,20,21,22). The van der Waals surface area contributed by atoms with Gasteiger partial charge in [-0.3, -0.25) is 0 Å². The Morgan fingerprint density at radius 2 is 2.04 bits per heavy atom. The highest BCUT2D eigenvalue weighted by Gasteiger charge is 2.06. The molecule has 0 unspecified atom stereocenters. The number of oxazole rings is 1. The number of nitrogens with zero attached hydrogens (tertiary/aromatic N) is 2. The molecule has 0 aliphatic rings. The van der Waals surface area contributed by atoms with Crippen LogP contribution in [0.3, 0.4) is 0 Å². The number of guanidine groups is 1. The van der Waals surface area contributed by atoms with Crippen LogP contribution in [-0.4, -0.2) is 37.2 Å². The van der Waals surface area contributed by atoms with Gasteiger partial charge in [0.25, 0.3) is 0 Å². The number of aromatic nitrogens is 1. The second-order valence-corrected chi connectivity index (χ2v) is 6.10. The normalized spacial score (nSPS) is 11.8. The minimum Gasteiger partial charge on any atom is -0.444 e. The van der Waals surface area contributed by atoms with Gasteiger partial charge in [0.1, 0.15) is 12.0 Å². The summed E-state index contributed by atoms with van der Waals surface area (Å²) in [4.78, 5) is 9.03. The zero-order valence-corrected chi connectivity index (χ0v) is 15.3. The molecule has 6 nitrogen and oxygen atoms in total. The zero-order chi connectivity index (χ0) is 17.9. The van der Waals surface area contributed by atoms with E-state index in [0.717, 1.165) is 30.4 Å². The maximum Gasteiger partial charge on any atom is 0.226 e. The van der Waals surface area contributed by atoms with Crippen LogP contribution in [0.15, 0.2) is 46.0 Å². The molecule has 2 aromatic rings. The van der Waals surface area contributed by atoms with Crippen molar-refractivity contribution in [3.63, 3.8) is 0 Å². The van der Waals surface area contributed by atoms with Crippen LogP contribution in [0.5, 0.6) is 0 Å². The molecule has 136 valence electrons. The molecule has 25 heavy (non-hydrogen) atoms. The van der Waals surface area contributed by atoms with E-state index in [2.05, 4.69) is 34.5 Å². The Morgan fingerprint density at radius 3 is 2.76 bits per heavy atom. The monoisotopic (exact) mass is 344 g/mol. The van der Waals surface area contributed by atoms with Crippen molar-refractivity contribution in [3.05, 3.63) is 42.3 Å². The molecular weight excluding hydrogens is 316 g/mol. The maximum atomic E-state index is 5.57. The lowest BCUT2D eigenvalue weighted by molar-refractivity contribution is 0.114. The quantitative estimate of drug-likeness (QED) is 0.415. The Bertz CT molecular complexity index is 638. The third-order valence-electron chi connectivity index (χ3n) is 3.31. The lowest BCUT2D eigenvalue weighted by Crippen LogP contribution is -2.39. The Morgan fingerprint density at radius 1 is 1.24 bits per heavy atom. The summed E-state index contributed by atoms with van der Waals surface area (Å²) >= 11 is 0. The predicted octanol–water partition coefficient (Wildman–Crippen LogP) is 3.07. The van der Waals surface area contributed by atoms with Gasteiger partial charge in [-0.1, -0.05) is 32.0 Å². The molecule has 0 aliphatic heterocycles. The van der Waals surface area contributed by atoms with E-state index in [1.54, 1.807) is 6.26 Å². The highest BCUT2D eigenvalue weighted by Crippen LogP contribution is 2.18. The molecule has 0 saturated heterocycles. The Balaban J connectivity index is 1.85. The molecule has 0 fully saturated rings. The smallest absolute Gasteiger partial charge is 0.226 e. The molecule has 0 atom stereocenters. The minimum absolute atomic E-state index is 0.457. The predicted molar refractivity (Wildman–Crippen MR) is 100 cm³/mol. The number of rotatable bonds is 9. The Hall–Kier alpha value is -2.34. The summed E-state index contributed by atoms with van der Waals surface area (Å²) in [7, 11) is 0. The molecule has 0 saturated carbocycles. The van der Waals surface area contributed by atoms with Gasteiger partial charge in [0.05, 0.1) is 13.2 Å². The van der Waals surface area contributed by atoms with Crippen molar-refractivity contribution in [1.29, 1.82) is 0 Å². The molecule has 1 heterocycles. The molecule has 1 aromatic carbocycles. The van der Waals surface area contributed by atoms with Gasteiger partial charge < -0.3 is 19.8 Å². The summed E-state index contributed by atoms with van der Waals surface area (Å²) in [6.07, 6.45) is 1.65. The third kappa shape index (κ3) is 6.97. The molecule has 0 aliphatic carbocycles. The van der Waals surface area contributed by atoms with Crippen molar-refractivity contribution in [3.8, 4) is 11.5 Å². The molecule has 0 bridgehead atoms. The SMILES string of the molecule is CCNC(=NCc1coc(-c2ccccc2)n1)NCCOCC(C)C. The first-order valence-electron chi connectivity index (χ1n) is 8.78. The van der Waals surface area contributed by atoms with E-state index in [9.17, 15) is 0 Å². The molecule has 2 N–H and O–H groups in total. The van der Waals surface area contributed by atoms with Gasteiger partial charge in [-0.2, -0.15) is 0 Å². The van der Waals surface area contributed by atoms with Gasteiger partial charge in [-0.25, -0.2) is 9.98 Å². The molecule has 1 aromatic heterocycles. The van der Waals surface area contributed by atoms with Gasteiger partial charge >= 0.3 is 0 Å². The van der Waals surface area contributed by atoms with E-state index in [-0.39, 0.29) is 0 Å². The first-order chi connectivity index (χ1) is 12.2. The summed E-state index contributed by atoms with van der Waals surface area (Å²) in [5, 5.41) is 6.47.